The molecule has 2 aromatic rings. The van der Waals surface area contributed by atoms with Crippen LogP contribution in [-0.2, 0) is 16.0 Å². The van der Waals surface area contributed by atoms with Gasteiger partial charge in [-0.05, 0) is 37.6 Å². The molecule has 1 spiro atoms. The molecule has 0 saturated carbocycles. The molecule has 2 fully saturated rings. The molecule has 2 atom stereocenters. The summed E-state index contributed by atoms with van der Waals surface area (Å²) < 4.78 is 25.9. The third-order valence-electron chi connectivity index (χ3n) is 5.21. The molecule has 2 unspecified atom stereocenters. The van der Waals surface area contributed by atoms with Gasteiger partial charge in [0.15, 0.2) is 11.6 Å². The van der Waals surface area contributed by atoms with Crippen LogP contribution in [0.15, 0.2) is 30.5 Å². The van der Waals surface area contributed by atoms with E-state index in [-0.39, 0.29) is 11.4 Å². The molecule has 2 aliphatic rings. The second-order valence-corrected chi connectivity index (χ2v) is 8.93. The first-order chi connectivity index (χ1) is 13.1. The molecule has 2 aliphatic heterocycles. The lowest BCUT2D eigenvalue weighted by molar-refractivity contribution is -0.0561. The molecule has 2 saturated heterocycles. The fourth-order valence-corrected chi connectivity index (χ4v) is 4.88. The van der Waals surface area contributed by atoms with Gasteiger partial charge in [-0.3, -0.25) is 4.90 Å². The lowest BCUT2D eigenvalue weighted by Gasteiger charge is -2.31. The number of pyridine rings is 1. The highest BCUT2D eigenvalue weighted by Gasteiger charge is 2.43. The maximum atomic E-state index is 13.7. The molecule has 4 heterocycles. The Morgan fingerprint density at radius 3 is 3.15 bits per heavy atom. The largest absolute Gasteiger partial charge is 0.377 e. The zero-order chi connectivity index (χ0) is 18.7. The molecule has 4 rings (SSSR count). The molecule has 27 heavy (non-hydrogen) atoms. The van der Waals surface area contributed by atoms with Crippen LogP contribution in [0.1, 0.15) is 16.2 Å². The van der Waals surface area contributed by atoms with Crippen molar-refractivity contribution >= 4 is 17.2 Å². The maximum absolute atomic E-state index is 13.7. The molecular weight excluding hydrogens is 365 g/mol. The van der Waals surface area contributed by atoms with E-state index in [4.69, 9.17) is 9.47 Å². The SMILES string of the molecule is Cc1ccc(CN2CCOCC3(CC(CNc4ncccc4F)CO3)C2)s1. The molecular formula is C20H26FN3O2S. The quantitative estimate of drug-likeness (QED) is 0.847. The zero-order valence-electron chi connectivity index (χ0n) is 15.6. The summed E-state index contributed by atoms with van der Waals surface area (Å²) in [7, 11) is 0. The van der Waals surface area contributed by atoms with E-state index < -0.39 is 0 Å². The minimum atomic E-state index is -0.318. The van der Waals surface area contributed by atoms with E-state index in [0.29, 0.717) is 31.5 Å². The van der Waals surface area contributed by atoms with Gasteiger partial charge < -0.3 is 14.8 Å². The number of nitrogens with zero attached hydrogens (tertiary/aromatic N) is 2. The number of ether oxygens (including phenoxy) is 2. The Labute approximate surface area is 163 Å². The number of hydrogen-bond acceptors (Lipinski definition) is 6. The molecule has 0 bridgehead atoms. The molecule has 2 aromatic heterocycles. The fraction of sp³-hybridized carbons (Fsp3) is 0.550. The Balaban J connectivity index is 1.35. The van der Waals surface area contributed by atoms with E-state index in [2.05, 4.69) is 34.3 Å². The Bertz CT molecular complexity index is 771. The second-order valence-electron chi connectivity index (χ2n) is 7.55. The molecule has 1 N–H and O–H groups in total. The van der Waals surface area contributed by atoms with Crippen molar-refractivity contribution in [1.29, 1.82) is 0 Å². The molecule has 5 nitrogen and oxygen atoms in total. The van der Waals surface area contributed by atoms with E-state index >= 15 is 0 Å². The van der Waals surface area contributed by atoms with Crippen molar-refractivity contribution in [2.45, 2.75) is 25.5 Å². The van der Waals surface area contributed by atoms with Crippen LogP contribution in [0.4, 0.5) is 10.2 Å². The first-order valence-corrected chi connectivity index (χ1v) is 10.3. The number of rotatable bonds is 5. The average molecular weight is 392 g/mol. The van der Waals surface area contributed by atoms with Gasteiger partial charge in [-0.25, -0.2) is 9.37 Å². The summed E-state index contributed by atoms with van der Waals surface area (Å²) in [5.41, 5.74) is -0.266. The van der Waals surface area contributed by atoms with E-state index in [9.17, 15) is 4.39 Å². The summed E-state index contributed by atoms with van der Waals surface area (Å²) >= 11 is 1.85. The topological polar surface area (TPSA) is 46.6 Å². The number of aryl methyl sites for hydroxylation is 1. The van der Waals surface area contributed by atoms with Crippen LogP contribution in [0.25, 0.3) is 0 Å². The smallest absolute Gasteiger partial charge is 0.165 e. The number of thiophene rings is 1. The van der Waals surface area contributed by atoms with Crippen molar-refractivity contribution in [2.75, 3.05) is 44.8 Å². The van der Waals surface area contributed by atoms with Crippen LogP contribution >= 0.6 is 11.3 Å². The zero-order valence-corrected chi connectivity index (χ0v) is 16.4. The van der Waals surface area contributed by atoms with Crippen LogP contribution in [0.2, 0.25) is 0 Å². The predicted molar refractivity (Wildman–Crippen MR) is 105 cm³/mol. The van der Waals surface area contributed by atoms with Crippen molar-refractivity contribution in [2.24, 2.45) is 5.92 Å². The van der Waals surface area contributed by atoms with Gasteiger partial charge in [0.2, 0.25) is 0 Å². The Hall–Kier alpha value is -1.54. The molecule has 0 radical (unpaired) electrons. The molecule has 0 aliphatic carbocycles. The lowest BCUT2D eigenvalue weighted by atomic mass is 9.94. The highest BCUT2D eigenvalue weighted by molar-refractivity contribution is 7.11. The fourth-order valence-electron chi connectivity index (χ4n) is 3.95. The Morgan fingerprint density at radius 2 is 2.33 bits per heavy atom. The minimum Gasteiger partial charge on any atom is -0.377 e. The third kappa shape index (κ3) is 4.66. The molecule has 7 heteroatoms. The molecule has 0 aromatic carbocycles. The lowest BCUT2D eigenvalue weighted by Crippen LogP contribution is -2.43. The summed E-state index contributed by atoms with van der Waals surface area (Å²) in [6, 6.07) is 7.41. The van der Waals surface area contributed by atoms with Gasteiger partial charge in [0.1, 0.15) is 5.60 Å². The first kappa shape index (κ1) is 18.8. The van der Waals surface area contributed by atoms with Crippen LogP contribution in [-0.4, -0.2) is 54.9 Å². The van der Waals surface area contributed by atoms with E-state index in [0.717, 1.165) is 32.7 Å². The highest BCUT2D eigenvalue weighted by atomic mass is 32.1. The summed E-state index contributed by atoms with van der Waals surface area (Å²) in [6.07, 6.45) is 2.51. The monoisotopic (exact) mass is 391 g/mol. The number of anilines is 1. The van der Waals surface area contributed by atoms with Crippen molar-refractivity contribution in [3.63, 3.8) is 0 Å². The summed E-state index contributed by atoms with van der Waals surface area (Å²) in [4.78, 5) is 9.22. The van der Waals surface area contributed by atoms with E-state index in [1.807, 2.05) is 11.3 Å². The van der Waals surface area contributed by atoms with Crippen LogP contribution in [0, 0.1) is 18.7 Å². The van der Waals surface area contributed by atoms with E-state index in [1.165, 1.54) is 15.8 Å². The predicted octanol–water partition coefficient (Wildman–Crippen LogP) is 3.31. The van der Waals surface area contributed by atoms with Crippen molar-refractivity contribution in [3.05, 3.63) is 46.0 Å². The maximum Gasteiger partial charge on any atom is 0.165 e. The summed E-state index contributed by atoms with van der Waals surface area (Å²) in [5, 5.41) is 3.13. The normalized spacial score (nSPS) is 26.4. The highest BCUT2D eigenvalue weighted by Crippen LogP contribution is 2.33. The van der Waals surface area contributed by atoms with Crippen LogP contribution < -0.4 is 5.32 Å². The third-order valence-corrected chi connectivity index (χ3v) is 6.19. The standard InChI is InChI=1S/C20H26FN3O2S/c1-15-4-5-17(27-15)11-24-7-8-25-14-20(13-24)9-16(12-26-20)10-23-19-18(21)3-2-6-22-19/h2-6,16H,7-14H2,1H3,(H,22,23). The van der Waals surface area contributed by atoms with Gasteiger partial charge in [0.25, 0.3) is 0 Å². The van der Waals surface area contributed by atoms with Gasteiger partial charge in [-0.1, -0.05) is 0 Å². The van der Waals surface area contributed by atoms with E-state index in [1.54, 1.807) is 12.3 Å². The molecule has 0 amide bonds. The van der Waals surface area contributed by atoms with Crippen molar-refractivity contribution in [3.8, 4) is 0 Å². The minimum absolute atomic E-state index is 0.266. The van der Waals surface area contributed by atoms with Gasteiger partial charge in [0.05, 0.1) is 19.8 Å². The number of nitrogens with one attached hydrogen (secondary N) is 1. The van der Waals surface area contributed by atoms with Gasteiger partial charge in [-0.15, -0.1) is 11.3 Å². The van der Waals surface area contributed by atoms with Crippen LogP contribution in [0.3, 0.4) is 0 Å². The molecule has 146 valence electrons. The van der Waals surface area contributed by atoms with Gasteiger partial charge >= 0.3 is 0 Å². The van der Waals surface area contributed by atoms with Gasteiger partial charge in [0, 0.05) is 48.0 Å². The van der Waals surface area contributed by atoms with Crippen molar-refractivity contribution in [1.82, 2.24) is 9.88 Å². The van der Waals surface area contributed by atoms with Gasteiger partial charge in [-0.2, -0.15) is 0 Å². The first-order valence-electron chi connectivity index (χ1n) is 9.46. The number of halogens is 1. The Kier molecular flexibility index (Phi) is 5.73. The number of hydrogen-bond donors (Lipinski definition) is 1. The van der Waals surface area contributed by atoms with Crippen molar-refractivity contribution < 1.29 is 13.9 Å². The van der Waals surface area contributed by atoms with Crippen LogP contribution in [0.5, 0.6) is 0 Å². The second kappa shape index (κ2) is 8.22. The summed E-state index contributed by atoms with van der Waals surface area (Å²) in [5.74, 6) is 0.311. The average Bonchev–Trinajstić information content (AvgIpc) is 3.18. The summed E-state index contributed by atoms with van der Waals surface area (Å²) in [6.45, 7) is 7.55. The number of aromatic nitrogens is 1. The Morgan fingerprint density at radius 1 is 1.41 bits per heavy atom.